The number of benzene rings is 1. The van der Waals surface area contributed by atoms with Crippen LogP contribution in [0.25, 0.3) is 11.4 Å². The number of nitrogens with two attached hydrogens (primary N) is 1. The Kier molecular flexibility index (Phi) is 5.32. The van der Waals surface area contributed by atoms with Crippen LogP contribution >= 0.6 is 11.8 Å². The Balaban J connectivity index is 1.66. The predicted molar refractivity (Wildman–Crippen MR) is 91.4 cm³/mol. The fourth-order valence-electron chi connectivity index (χ4n) is 2.46. The molecule has 1 saturated carbocycles. The Hall–Kier alpha value is -2.42. The van der Waals surface area contributed by atoms with E-state index in [4.69, 9.17) is 5.73 Å². The number of carbonyl (C=O) groups is 2. The fourth-order valence-corrected chi connectivity index (χ4v) is 3.40. The lowest BCUT2D eigenvalue weighted by Crippen LogP contribution is -2.34. The van der Waals surface area contributed by atoms with Gasteiger partial charge < -0.3 is 5.73 Å². The average molecular weight is 363 g/mol. The van der Waals surface area contributed by atoms with Crippen molar-refractivity contribution in [3.05, 3.63) is 30.1 Å². The van der Waals surface area contributed by atoms with Gasteiger partial charge in [0.05, 0.1) is 5.56 Å². The van der Waals surface area contributed by atoms with Crippen LogP contribution in [0.15, 0.2) is 29.4 Å². The third kappa shape index (κ3) is 4.36. The molecule has 0 bridgehead atoms. The highest BCUT2D eigenvalue weighted by Gasteiger charge is 2.30. The van der Waals surface area contributed by atoms with Crippen LogP contribution in [-0.4, -0.2) is 32.5 Å². The molecule has 0 spiro atoms. The molecule has 3 N–H and O–H groups in total. The number of primary amides is 1. The second kappa shape index (κ2) is 7.64. The molecule has 9 heteroatoms. The van der Waals surface area contributed by atoms with Crippen molar-refractivity contribution in [2.75, 3.05) is 5.75 Å². The highest BCUT2D eigenvalue weighted by molar-refractivity contribution is 7.99. The summed E-state index contributed by atoms with van der Waals surface area (Å²) in [7, 11) is 0. The Morgan fingerprint density at radius 2 is 2.08 bits per heavy atom. The summed E-state index contributed by atoms with van der Waals surface area (Å²) < 4.78 is 16.1. The van der Waals surface area contributed by atoms with Crippen molar-refractivity contribution in [3.8, 4) is 11.4 Å². The number of nitrogens with zero attached hydrogens (tertiary/aromatic N) is 3. The summed E-state index contributed by atoms with van der Waals surface area (Å²) in [5, 5.41) is 11.1. The quantitative estimate of drug-likeness (QED) is 0.581. The van der Waals surface area contributed by atoms with Gasteiger partial charge in [0.1, 0.15) is 5.82 Å². The highest BCUT2D eigenvalue weighted by atomic mass is 32.2. The first-order chi connectivity index (χ1) is 12.1. The van der Waals surface area contributed by atoms with E-state index in [0.717, 1.165) is 18.0 Å². The Morgan fingerprint density at radius 3 is 2.76 bits per heavy atom. The monoisotopic (exact) mass is 363 g/mol. The first-order valence-electron chi connectivity index (χ1n) is 7.98. The van der Waals surface area contributed by atoms with Gasteiger partial charge in [-0.3, -0.25) is 14.7 Å². The Morgan fingerprint density at radius 1 is 1.32 bits per heavy atom. The van der Waals surface area contributed by atoms with E-state index < -0.39 is 11.9 Å². The molecule has 3 rings (SSSR count). The van der Waals surface area contributed by atoms with Crippen LogP contribution in [0, 0.1) is 5.82 Å². The van der Waals surface area contributed by atoms with Gasteiger partial charge in [0.25, 0.3) is 0 Å². The number of halogens is 1. The molecule has 7 nitrogen and oxygen atoms in total. The number of hydrogen-bond donors (Lipinski definition) is 2. The minimum Gasteiger partial charge on any atom is -0.351 e. The molecular formula is C16H18FN5O2S. The maximum Gasteiger partial charge on any atom is 0.318 e. The largest absolute Gasteiger partial charge is 0.351 e. The van der Waals surface area contributed by atoms with Gasteiger partial charge in [-0.05, 0) is 31.4 Å². The highest BCUT2D eigenvalue weighted by Crippen LogP contribution is 2.41. The second-order valence-corrected chi connectivity index (χ2v) is 6.81. The molecule has 0 unspecified atom stereocenters. The van der Waals surface area contributed by atoms with E-state index >= 15 is 0 Å². The number of amides is 3. The van der Waals surface area contributed by atoms with Crippen molar-refractivity contribution in [2.24, 2.45) is 5.73 Å². The molecule has 1 aliphatic rings. The molecule has 1 heterocycles. The summed E-state index contributed by atoms with van der Waals surface area (Å²) in [6.45, 7) is 0. The van der Waals surface area contributed by atoms with Gasteiger partial charge in [0.15, 0.2) is 11.0 Å². The third-order valence-corrected chi connectivity index (χ3v) is 4.76. The summed E-state index contributed by atoms with van der Waals surface area (Å²) in [5.41, 5.74) is 5.33. The predicted octanol–water partition coefficient (Wildman–Crippen LogP) is 2.49. The number of imide groups is 1. The van der Waals surface area contributed by atoms with Crippen LogP contribution in [0.1, 0.15) is 31.7 Å². The molecule has 0 radical (unpaired) electrons. The summed E-state index contributed by atoms with van der Waals surface area (Å²) >= 11 is 1.47. The Labute approximate surface area is 148 Å². The van der Waals surface area contributed by atoms with Gasteiger partial charge >= 0.3 is 6.03 Å². The van der Waals surface area contributed by atoms with Gasteiger partial charge in [-0.1, -0.05) is 23.9 Å². The van der Waals surface area contributed by atoms with E-state index in [1.165, 1.54) is 17.8 Å². The van der Waals surface area contributed by atoms with E-state index in [1.54, 1.807) is 18.2 Å². The number of aromatic nitrogens is 3. The van der Waals surface area contributed by atoms with Gasteiger partial charge in [0, 0.05) is 18.2 Å². The van der Waals surface area contributed by atoms with Crippen LogP contribution in [0.4, 0.5) is 9.18 Å². The van der Waals surface area contributed by atoms with Crippen molar-refractivity contribution in [3.63, 3.8) is 0 Å². The molecule has 132 valence electrons. The summed E-state index contributed by atoms with van der Waals surface area (Å²) in [6, 6.07) is 5.97. The van der Waals surface area contributed by atoms with Crippen molar-refractivity contribution < 1.29 is 14.0 Å². The number of thioether (sulfide) groups is 1. The van der Waals surface area contributed by atoms with Crippen molar-refractivity contribution in [2.45, 2.75) is 36.9 Å². The standard InChI is InChI=1S/C16H18FN5O2S/c17-12-5-2-1-4-11(12)14-20-21-16(22(14)10-7-8-10)25-9-3-6-13(23)19-15(18)24/h1-2,4-5,10H,3,6-9H2,(H3,18,19,23,24). The van der Waals surface area contributed by atoms with Crippen molar-refractivity contribution in [1.29, 1.82) is 0 Å². The molecular weight excluding hydrogens is 345 g/mol. The van der Waals surface area contributed by atoms with Crippen molar-refractivity contribution in [1.82, 2.24) is 20.1 Å². The lowest BCUT2D eigenvalue weighted by atomic mass is 10.2. The lowest BCUT2D eigenvalue weighted by Gasteiger charge is -2.09. The average Bonchev–Trinajstić information content (AvgIpc) is 3.32. The maximum atomic E-state index is 14.1. The van der Waals surface area contributed by atoms with Gasteiger partial charge in [-0.15, -0.1) is 10.2 Å². The van der Waals surface area contributed by atoms with Crippen LogP contribution < -0.4 is 11.1 Å². The first kappa shape index (κ1) is 17.4. The molecule has 25 heavy (non-hydrogen) atoms. The normalized spacial score (nSPS) is 13.6. The first-order valence-corrected chi connectivity index (χ1v) is 8.96. The molecule has 1 aromatic carbocycles. The topological polar surface area (TPSA) is 103 Å². The zero-order valence-electron chi connectivity index (χ0n) is 13.4. The molecule has 0 saturated heterocycles. The van der Waals surface area contributed by atoms with Crippen LogP contribution in [0.3, 0.4) is 0 Å². The number of hydrogen-bond acceptors (Lipinski definition) is 5. The summed E-state index contributed by atoms with van der Waals surface area (Å²) in [6.07, 6.45) is 2.81. The SMILES string of the molecule is NC(=O)NC(=O)CCCSc1nnc(-c2ccccc2F)n1C1CC1. The zero-order chi connectivity index (χ0) is 17.8. The van der Waals surface area contributed by atoms with Crippen molar-refractivity contribution >= 4 is 23.7 Å². The van der Waals surface area contributed by atoms with Crippen LogP contribution in [0.5, 0.6) is 0 Å². The zero-order valence-corrected chi connectivity index (χ0v) is 14.3. The van der Waals surface area contributed by atoms with Crippen LogP contribution in [-0.2, 0) is 4.79 Å². The molecule has 1 aliphatic carbocycles. The molecule has 1 fully saturated rings. The van der Waals surface area contributed by atoms with E-state index in [-0.39, 0.29) is 12.2 Å². The smallest absolute Gasteiger partial charge is 0.318 e. The fraction of sp³-hybridized carbons (Fsp3) is 0.375. The molecule has 0 aliphatic heterocycles. The number of nitrogens with one attached hydrogen (secondary N) is 1. The van der Waals surface area contributed by atoms with Gasteiger partial charge in [0.2, 0.25) is 5.91 Å². The molecule has 0 atom stereocenters. The number of carbonyl (C=O) groups excluding carboxylic acids is 2. The van der Waals surface area contributed by atoms with Crippen LogP contribution in [0.2, 0.25) is 0 Å². The third-order valence-electron chi connectivity index (χ3n) is 3.73. The van der Waals surface area contributed by atoms with E-state index in [0.29, 0.717) is 29.6 Å². The van der Waals surface area contributed by atoms with E-state index in [9.17, 15) is 14.0 Å². The molecule has 3 amide bonds. The lowest BCUT2D eigenvalue weighted by molar-refractivity contribution is -0.119. The van der Waals surface area contributed by atoms with E-state index in [1.807, 2.05) is 9.88 Å². The maximum absolute atomic E-state index is 14.1. The second-order valence-electron chi connectivity index (χ2n) is 5.75. The van der Waals surface area contributed by atoms with Gasteiger partial charge in [-0.25, -0.2) is 9.18 Å². The summed E-state index contributed by atoms with van der Waals surface area (Å²) in [4.78, 5) is 22.0. The van der Waals surface area contributed by atoms with E-state index in [2.05, 4.69) is 10.2 Å². The minimum atomic E-state index is -0.847. The Bertz CT molecular complexity index is 791. The summed E-state index contributed by atoms with van der Waals surface area (Å²) in [5.74, 6) is 0.448. The minimum absolute atomic E-state index is 0.202. The molecule has 1 aromatic heterocycles. The number of rotatable bonds is 7. The molecule has 2 aromatic rings. The number of urea groups is 1. The van der Waals surface area contributed by atoms with Gasteiger partial charge in [-0.2, -0.15) is 0 Å².